The summed E-state index contributed by atoms with van der Waals surface area (Å²) in [5.41, 5.74) is 0.708. The van der Waals surface area contributed by atoms with Crippen LogP contribution in [0.4, 0.5) is 0 Å². The lowest BCUT2D eigenvalue weighted by molar-refractivity contribution is 0.0942. The third-order valence-electron chi connectivity index (χ3n) is 4.13. The van der Waals surface area contributed by atoms with Crippen molar-refractivity contribution in [2.24, 2.45) is 17.8 Å². The van der Waals surface area contributed by atoms with Crippen molar-refractivity contribution in [1.29, 1.82) is 0 Å². The van der Waals surface area contributed by atoms with Gasteiger partial charge < -0.3 is 5.32 Å². The number of hydrogen-bond donors (Lipinski definition) is 1. The van der Waals surface area contributed by atoms with E-state index in [2.05, 4.69) is 37.2 Å². The van der Waals surface area contributed by atoms with E-state index in [1.54, 1.807) is 0 Å². The minimum atomic E-state index is 0.0273. The summed E-state index contributed by atoms with van der Waals surface area (Å²) in [4.78, 5) is 12.2. The van der Waals surface area contributed by atoms with Gasteiger partial charge in [0, 0.05) is 15.5 Å². The molecule has 0 heterocycles. The van der Waals surface area contributed by atoms with Gasteiger partial charge in [0.05, 0.1) is 5.56 Å². The zero-order chi connectivity index (χ0) is 13.4. The first-order valence-electron chi connectivity index (χ1n) is 6.88. The third-order valence-corrected chi connectivity index (χ3v) is 5.31. The van der Waals surface area contributed by atoms with E-state index < -0.39 is 0 Å². The van der Waals surface area contributed by atoms with Gasteiger partial charge in [0.2, 0.25) is 0 Å². The molecule has 0 atom stereocenters. The average molecular weight is 387 g/mol. The van der Waals surface area contributed by atoms with Gasteiger partial charge in [-0.25, -0.2) is 0 Å². The quantitative estimate of drug-likeness (QED) is 0.799. The fourth-order valence-electron chi connectivity index (χ4n) is 2.74. The molecule has 2 fully saturated rings. The molecule has 2 aliphatic carbocycles. The molecule has 3 rings (SSSR count). The predicted octanol–water partition coefficient (Wildman–Crippen LogP) is 4.38. The largest absolute Gasteiger partial charge is 0.352 e. The number of carbonyl (C=O) groups excluding carboxylic acids is 1. The first-order chi connectivity index (χ1) is 9.15. The first-order valence-corrected chi connectivity index (χ1v) is 8.47. The van der Waals surface area contributed by atoms with Crippen LogP contribution < -0.4 is 5.32 Å². The second kappa shape index (κ2) is 5.57. The van der Waals surface area contributed by atoms with Crippen LogP contribution in [-0.2, 0) is 0 Å². The fourth-order valence-corrected chi connectivity index (χ4v) is 3.53. The maximum absolute atomic E-state index is 12.2. The van der Waals surface area contributed by atoms with Crippen LogP contribution >= 0.6 is 31.9 Å². The highest BCUT2D eigenvalue weighted by molar-refractivity contribution is 9.11. The molecule has 2 aliphatic rings. The van der Waals surface area contributed by atoms with Gasteiger partial charge in [0.25, 0.3) is 5.91 Å². The van der Waals surface area contributed by atoms with Gasteiger partial charge in [-0.3, -0.25) is 4.79 Å². The standard InChI is InChI=1S/C15H17Br2NO/c16-11-5-6-14(17)12(7-11)15(19)18-8-13(9-1-2-9)10-3-4-10/h5-7,9-10,13H,1-4,8H2,(H,18,19). The Kier molecular flexibility index (Phi) is 3.99. The van der Waals surface area contributed by atoms with E-state index in [-0.39, 0.29) is 5.91 Å². The molecule has 2 nitrogen and oxygen atoms in total. The van der Waals surface area contributed by atoms with E-state index in [1.807, 2.05) is 18.2 Å². The van der Waals surface area contributed by atoms with Gasteiger partial charge in [-0.2, -0.15) is 0 Å². The van der Waals surface area contributed by atoms with Crippen molar-refractivity contribution < 1.29 is 4.79 Å². The molecular formula is C15H17Br2NO. The Hall–Kier alpha value is -0.350. The number of amides is 1. The predicted molar refractivity (Wildman–Crippen MR) is 83.1 cm³/mol. The third kappa shape index (κ3) is 3.40. The molecule has 102 valence electrons. The van der Waals surface area contributed by atoms with Crippen LogP contribution in [0, 0.1) is 17.8 Å². The number of halogens is 2. The average Bonchev–Trinajstić information content (AvgIpc) is 3.25. The Bertz CT molecular complexity index is 483. The van der Waals surface area contributed by atoms with Crippen LogP contribution in [0.15, 0.2) is 27.1 Å². The Morgan fingerprint density at radius 2 is 1.84 bits per heavy atom. The van der Waals surface area contributed by atoms with Crippen molar-refractivity contribution in [3.8, 4) is 0 Å². The van der Waals surface area contributed by atoms with Gasteiger partial charge in [-0.05, 0) is 77.6 Å². The molecule has 1 aromatic carbocycles. The summed E-state index contributed by atoms with van der Waals surface area (Å²) < 4.78 is 1.78. The summed E-state index contributed by atoms with van der Waals surface area (Å²) in [6.45, 7) is 0.840. The lowest BCUT2D eigenvalue weighted by atomic mass is 9.98. The molecule has 0 radical (unpaired) electrons. The van der Waals surface area contributed by atoms with Crippen molar-refractivity contribution in [2.45, 2.75) is 25.7 Å². The number of nitrogens with one attached hydrogen (secondary N) is 1. The van der Waals surface area contributed by atoms with E-state index in [0.717, 1.165) is 33.2 Å². The minimum absolute atomic E-state index is 0.0273. The zero-order valence-electron chi connectivity index (χ0n) is 10.7. The molecule has 1 aromatic rings. The second-order valence-electron chi connectivity index (χ2n) is 5.67. The molecule has 1 amide bonds. The molecule has 0 aromatic heterocycles. The van der Waals surface area contributed by atoms with E-state index in [4.69, 9.17) is 0 Å². The molecule has 0 aliphatic heterocycles. The van der Waals surface area contributed by atoms with Crippen molar-refractivity contribution in [3.63, 3.8) is 0 Å². The highest BCUT2D eigenvalue weighted by Crippen LogP contribution is 2.48. The molecular weight excluding hydrogens is 370 g/mol. The van der Waals surface area contributed by atoms with Gasteiger partial charge in [0.15, 0.2) is 0 Å². The summed E-state index contributed by atoms with van der Waals surface area (Å²) in [5, 5.41) is 3.12. The van der Waals surface area contributed by atoms with E-state index in [0.29, 0.717) is 5.56 Å². The number of carbonyl (C=O) groups is 1. The molecule has 2 saturated carbocycles. The summed E-state index contributed by atoms with van der Waals surface area (Å²) in [6.07, 6.45) is 5.43. The van der Waals surface area contributed by atoms with Crippen LogP contribution in [0.3, 0.4) is 0 Å². The normalized spacial score (nSPS) is 18.7. The summed E-state index contributed by atoms with van der Waals surface area (Å²) in [7, 11) is 0. The Labute approximate surface area is 130 Å². The highest BCUT2D eigenvalue weighted by atomic mass is 79.9. The fraction of sp³-hybridized carbons (Fsp3) is 0.533. The van der Waals surface area contributed by atoms with Gasteiger partial charge in [-0.1, -0.05) is 15.9 Å². The molecule has 0 saturated heterocycles. The monoisotopic (exact) mass is 385 g/mol. The topological polar surface area (TPSA) is 29.1 Å². The maximum Gasteiger partial charge on any atom is 0.252 e. The van der Waals surface area contributed by atoms with Crippen LogP contribution in [0.5, 0.6) is 0 Å². The summed E-state index contributed by atoms with van der Waals surface area (Å²) in [6, 6.07) is 5.69. The minimum Gasteiger partial charge on any atom is -0.352 e. The van der Waals surface area contributed by atoms with Crippen molar-refractivity contribution in [1.82, 2.24) is 5.32 Å². The van der Waals surface area contributed by atoms with Gasteiger partial charge in [-0.15, -0.1) is 0 Å². The van der Waals surface area contributed by atoms with Gasteiger partial charge >= 0.3 is 0 Å². The number of rotatable bonds is 5. The lowest BCUT2D eigenvalue weighted by Crippen LogP contribution is -2.31. The van der Waals surface area contributed by atoms with E-state index in [1.165, 1.54) is 25.7 Å². The SMILES string of the molecule is O=C(NCC(C1CC1)C1CC1)c1cc(Br)ccc1Br. The number of benzene rings is 1. The molecule has 0 unspecified atom stereocenters. The Morgan fingerprint density at radius 1 is 1.21 bits per heavy atom. The van der Waals surface area contributed by atoms with Crippen molar-refractivity contribution >= 4 is 37.8 Å². The molecule has 0 bridgehead atoms. The molecule has 19 heavy (non-hydrogen) atoms. The van der Waals surface area contributed by atoms with Gasteiger partial charge in [0.1, 0.15) is 0 Å². The van der Waals surface area contributed by atoms with Crippen LogP contribution in [-0.4, -0.2) is 12.5 Å². The Balaban J connectivity index is 1.62. The maximum atomic E-state index is 12.2. The van der Waals surface area contributed by atoms with Crippen LogP contribution in [0.2, 0.25) is 0 Å². The smallest absolute Gasteiger partial charge is 0.252 e. The van der Waals surface area contributed by atoms with Crippen molar-refractivity contribution in [2.75, 3.05) is 6.54 Å². The van der Waals surface area contributed by atoms with Crippen LogP contribution in [0.1, 0.15) is 36.0 Å². The van der Waals surface area contributed by atoms with E-state index in [9.17, 15) is 4.79 Å². The first kappa shape index (κ1) is 13.6. The van der Waals surface area contributed by atoms with Crippen LogP contribution in [0.25, 0.3) is 0 Å². The van der Waals surface area contributed by atoms with Crippen molar-refractivity contribution in [3.05, 3.63) is 32.7 Å². The van der Waals surface area contributed by atoms with E-state index >= 15 is 0 Å². The molecule has 1 N–H and O–H groups in total. The Morgan fingerprint density at radius 3 is 2.42 bits per heavy atom. The summed E-state index contributed by atoms with van der Waals surface area (Å²) in [5.74, 6) is 2.49. The lowest BCUT2D eigenvalue weighted by Gasteiger charge is -2.16. The second-order valence-corrected chi connectivity index (χ2v) is 7.44. The molecule has 0 spiro atoms. The highest BCUT2D eigenvalue weighted by Gasteiger charge is 2.41. The zero-order valence-corrected chi connectivity index (χ0v) is 13.8. The summed E-state index contributed by atoms with van der Waals surface area (Å²) >= 11 is 6.85. The molecule has 4 heteroatoms. The number of hydrogen-bond acceptors (Lipinski definition) is 1.